The van der Waals surface area contributed by atoms with Crippen LogP contribution in [-0.2, 0) is 12.7 Å². The minimum atomic E-state index is -4.56. The summed E-state index contributed by atoms with van der Waals surface area (Å²) in [5, 5.41) is -0.149. The van der Waals surface area contributed by atoms with E-state index in [9.17, 15) is 13.2 Å². The lowest BCUT2D eigenvalue weighted by molar-refractivity contribution is -0.144. The Morgan fingerprint density at radius 3 is 2.68 bits per heavy atom. The number of aromatic nitrogens is 2. The number of ether oxygens (including phenoxy) is 1. The van der Waals surface area contributed by atoms with E-state index in [1.807, 2.05) is 6.07 Å². The molecule has 0 atom stereocenters. The molecular formula is C11H10F3N3OS. The van der Waals surface area contributed by atoms with Gasteiger partial charge in [-0.05, 0) is 24.1 Å². The van der Waals surface area contributed by atoms with Crippen molar-refractivity contribution in [3.63, 3.8) is 0 Å². The van der Waals surface area contributed by atoms with Gasteiger partial charge in [0.05, 0.1) is 0 Å². The molecule has 4 nitrogen and oxygen atoms in total. The number of hydrogen-bond acceptors (Lipinski definition) is 5. The number of alkyl halides is 3. The van der Waals surface area contributed by atoms with Crippen LogP contribution in [0.2, 0.25) is 0 Å². The Morgan fingerprint density at radius 2 is 2.11 bits per heavy atom. The molecule has 2 N–H and O–H groups in total. The second kappa shape index (κ2) is 5.14. The summed E-state index contributed by atoms with van der Waals surface area (Å²) in [6, 6.07) is 5.27. The molecular weight excluding hydrogens is 279 g/mol. The monoisotopic (exact) mass is 289 g/mol. The Bertz CT molecular complexity index is 583. The van der Waals surface area contributed by atoms with Crippen molar-refractivity contribution < 1.29 is 17.9 Å². The predicted octanol–water partition coefficient (Wildman–Crippen LogP) is 3.12. The maximum Gasteiger partial charge on any atom is 0.452 e. The molecule has 0 aliphatic carbocycles. The molecule has 1 aromatic carbocycles. The van der Waals surface area contributed by atoms with E-state index in [4.69, 9.17) is 10.5 Å². The summed E-state index contributed by atoms with van der Waals surface area (Å²) < 4.78 is 45.6. The van der Waals surface area contributed by atoms with Gasteiger partial charge in [-0.2, -0.15) is 22.5 Å². The van der Waals surface area contributed by atoms with Crippen molar-refractivity contribution in [3.05, 3.63) is 35.2 Å². The molecule has 0 unspecified atom stereocenters. The predicted molar refractivity (Wildman–Crippen MR) is 64.1 cm³/mol. The molecule has 1 heterocycles. The van der Waals surface area contributed by atoms with Crippen molar-refractivity contribution in [2.75, 3.05) is 0 Å². The molecule has 0 spiro atoms. The van der Waals surface area contributed by atoms with E-state index in [1.165, 1.54) is 0 Å². The lowest BCUT2D eigenvalue weighted by Crippen LogP contribution is -2.07. The molecule has 0 radical (unpaired) electrons. The van der Waals surface area contributed by atoms with Gasteiger partial charge in [-0.1, -0.05) is 12.1 Å². The summed E-state index contributed by atoms with van der Waals surface area (Å²) in [5.74, 6) is -0.770. The highest BCUT2D eigenvalue weighted by Gasteiger charge is 2.36. The molecule has 102 valence electrons. The number of rotatable bonds is 3. The van der Waals surface area contributed by atoms with Crippen molar-refractivity contribution in [1.29, 1.82) is 0 Å². The molecule has 0 fully saturated rings. The van der Waals surface area contributed by atoms with Crippen molar-refractivity contribution >= 4 is 11.5 Å². The highest BCUT2D eigenvalue weighted by atomic mass is 32.1. The average molecular weight is 289 g/mol. The van der Waals surface area contributed by atoms with E-state index in [-0.39, 0.29) is 5.19 Å². The Morgan fingerprint density at radius 1 is 1.37 bits per heavy atom. The van der Waals surface area contributed by atoms with Crippen LogP contribution in [0.4, 0.5) is 13.2 Å². The number of aryl methyl sites for hydroxylation is 1. The molecule has 19 heavy (non-hydrogen) atoms. The molecule has 8 heteroatoms. The topological polar surface area (TPSA) is 61.0 Å². The van der Waals surface area contributed by atoms with E-state index in [0.717, 1.165) is 11.1 Å². The first-order valence-corrected chi connectivity index (χ1v) is 6.06. The summed E-state index contributed by atoms with van der Waals surface area (Å²) in [4.78, 5) is 3.30. The molecule has 0 saturated heterocycles. The van der Waals surface area contributed by atoms with Gasteiger partial charge >= 0.3 is 6.18 Å². The molecule has 0 amide bonds. The first kappa shape index (κ1) is 13.8. The smallest absolute Gasteiger partial charge is 0.430 e. The zero-order chi connectivity index (χ0) is 14.0. The number of benzene rings is 1. The molecule has 2 aromatic rings. The summed E-state index contributed by atoms with van der Waals surface area (Å²) in [6.07, 6.45) is -4.56. The number of nitrogens with zero attached hydrogens (tertiary/aromatic N) is 2. The summed E-state index contributed by atoms with van der Waals surface area (Å²) in [7, 11) is 0. The zero-order valence-corrected chi connectivity index (χ0v) is 10.7. The first-order chi connectivity index (χ1) is 8.90. The van der Waals surface area contributed by atoms with E-state index >= 15 is 0 Å². The van der Waals surface area contributed by atoms with Crippen LogP contribution in [0.5, 0.6) is 10.9 Å². The van der Waals surface area contributed by atoms with Crippen LogP contribution in [0, 0.1) is 6.92 Å². The maximum atomic E-state index is 12.3. The fourth-order valence-corrected chi connectivity index (χ4v) is 1.90. The third-order valence-electron chi connectivity index (χ3n) is 2.35. The van der Waals surface area contributed by atoms with Gasteiger partial charge in [0.25, 0.3) is 11.0 Å². The van der Waals surface area contributed by atoms with Gasteiger partial charge in [0.1, 0.15) is 5.75 Å². The van der Waals surface area contributed by atoms with Crippen molar-refractivity contribution in [1.82, 2.24) is 9.36 Å². The Hall–Kier alpha value is -1.67. The van der Waals surface area contributed by atoms with E-state index < -0.39 is 12.0 Å². The summed E-state index contributed by atoms with van der Waals surface area (Å²) in [5.41, 5.74) is 7.09. The van der Waals surface area contributed by atoms with Crippen molar-refractivity contribution in [3.8, 4) is 10.9 Å². The third-order valence-corrected chi connectivity index (χ3v) is 2.94. The molecule has 2 rings (SSSR count). The van der Waals surface area contributed by atoms with Crippen LogP contribution in [0.3, 0.4) is 0 Å². The van der Waals surface area contributed by atoms with Gasteiger partial charge in [0, 0.05) is 18.1 Å². The summed E-state index contributed by atoms with van der Waals surface area (Å²) in [6.45, 7) is 2.10. The van der Waals surface area contributed by atoms with Gasteiger partial charge in [-0.15, -0.1) is 0 Å². The second-order valence-corrected chi connectivity index (χ2v) is 4.50. The number of halogens is 3. The van der Waals surface area contributed by atoms with Gasteiger partial charge in [0.15, 0.2) is 0 Å². The second-order valence-electron chi connectivity index (χ2n) is 3.79. The summed E-state index contributed by atoms with van der Waals surface area (Å²) >= 11 is 0.559. The molecule has 1 aromatic heterocycles. The van der Waals surface area contributed by atoms with Crippen LogP contribution in [0.25, 0.3) is 0 Å². The first-order valence-electron chi connectivity index (χ1n) is 5.28. The van der Waals surface area contributed by atoms with Gasteiger partial charge < -0.3 is 10.5 Å². The standard InChI is InChI=1S/C11H10F3N3OS/c1-6-2-3-7(5-15)4-8(6)18-10-16-9(17-19-10)11(12,13)14/h2-4H,5,15H2,1H3. The molecule has 0 aliphatic heterocycles. The average Bonchev–Trinajstić information content (AvgIpc) is 2.80. The molecule has 0 bridgehead atoms. The highest BCUT2D eigenvalue weighted by molar-refractivity contribution is 7.07. The molecule has 0 aliphatic rings. The zero-order valence-electron chi connectivity index (χ0n) is 9.86. The highest BCUT2D eigenvalue weighted by Crippen LogP contribution is 2.32. The maximum absolute atomic E-state index is 12.3. The minimum absolute atomic E-state index is 0.149. The van der Waals surface area contributed by atoms with Crippen molar-refractivity contribution in [2.45, 2.75) is 19.6 Å². The third kappa shape index (κ3) is 3.21. The quantitative estimate of drug-likeness (QED) is 0.943. The van der Waals surface area contributed by atoms with Gasteiger partial charge in [-0.25, -0.2) is 0 Å². The largest absolute Gasteiger partial charge is 0.452 e. The Labute approximate surface area is 111 Å². The van der Waals surface area contributed by atoms with Crippen LogP contribution >= 0.6 is 11.5 Å². The minimum Gasteiger partial charge on any atom is -0.430 e. The van der Waals surface area contributed by atoms with E-state index in [2.05, 4.69) is 9.36 Å². The lowest BCUT2D eigenvalue weighted by Gasteiger charge is -2.07. The number of nitrogens with two attached hydrogens (primary N) is 1. The van der Waals surface area contributed by atoms with Crippen LogP contribution in [0.1, 0.15) is 17.0 Å². The van der Waals surface area contributed by atoms with E-state index in [1.54, 1.807) is 19.1 Å². The SMILES string of the molecule is Cc1ccc(CN)cc1Oc1nc(C(F)(F)F)ns1. The van der Waals surface area contributed by atoms with Crippen LogP contribution < -0.4 is 10.5 Å². The van der Waals surface area contributed by atoms with E-state index in [0.29, 0.717) is 23.8 Å². The Balaban J connectivity index is 2.24. The van der Waals surface area contributed by atoms with Crippen LogP contribution in [-0.4, -0.2) is 9.36 Å². The fraction of sp³-hybridized carbons (Fsp3) is 0.273. The Kier molecular flexibility index (Phi) is 3.72. The van der Waals surface area contributed by atoms with Crippen molar-refractivity contribution in [2.24, 2.45) is 5.73 Å². The fourth-order valence-electron chi connectivity index (χ4n) is 1.34. The van der Waals surface area contributed by atoms with Gasteiger partial charge in [0.2, 0.25) is 0 Å². The normalized spacial score (nSPS) is 11.6. The molecule has 0 saturated carbocycles. The number of hydrogen-bond donors (Lipinski definition) is 1. The van der Waals surface area contributed by atoms with Gasteiger partial charge in [-0.3, -0.25) is 0 Å². The van der Waals surface area contributed by atoms with Crippen LogP contribution in [0.15, 0.2) is 18.2 Å². The lowest BCUT2D eigenvalue weighted by atomic mass is 10.1.